The fraction of sp³-hybridized carbons (Fsp3) is 0.300. The third-order valence-corrected chi connectivity index (χ3v) is 3.75. The van der Waals surface area contributed by atoms with E-state index in [-0.39, 0.29) is 0 Å². The second-order valence-corrected chi connectivity index (χ2v) is 5.71. The lowest BCUT2D eigenvalue weighted by Crippen LogP contribution is -2.11. The molecular weight excluding hydrogens is 304 g/mol. The van der Waals surface area contributed by atoms with Gasteiger partial charge in [-0.15, -0.1) is 0 Å². The summed E-state index contributed by atoms with van der Waals surface area (Å²) < 4.78 is 10.5. The molecule has 2 aromatic carbocycles. The summed E-state index contributed by atoms with van der Waals surface area (Å²) in [6, 6.07) is 11.9. The summed E-state index contributed by atoms with van der Waals surface area (Å²) in [4.78, 5) is 24.2. The molecular formula is C20H22O4. The lowest BCUT2D eigenvalue weighted by molar-refractivity contribution is 0.0499. The minimum absolute atomic E-state index is 0.318. The second kappa shape index (κ2) is 8.29. The average molecular weight is 326 g/mol. The van der Waals surface area contributed by atoms with Crippen molar-refractivity contribution >= 4 is 11.9 Å². The minimum Gasteiger partial charge on any atom is -0.462 e. The third kappa shape index (κ3) is 4.69. The van der Waals surface area contributed by atoms with Crippen LogP contribution in [-0.2, 0) is 4.74 Å². The molecule has 24 heavy (non-hydrogen) atoms. The van der Waals surface area contributed by atoms with Crippen LogP contribution in [0.3, 0.4) is 0 Å². The van der Waals surface area contributed by atoms with Crippen molar-refractivity contribution in [3.8, 4) is 5.75 Å². The molecule has 0 amide bonds. The molecule has 0 aromatic heterocycles. The van der Waals surface area contributed by atoms with E-state index >= 15 is 0 Å². The van der Waals surface area contributed by atoms with E-state index < -0.39 is 11.9 Å². The summed E-state index contributed by atoms with van der Waals surface area (Å²) in [5.41, 5.74) is 2.85. The molecule has 0 N–H and O–H groups in total. The molecule has 0 aliphatic heterocycles. The van der Waals surface area contributed by atoms with E-state index in [0.717, 1.165) is 24.0 Å². The fourth-order valence-corrected chi connectivity index (χ4v) is 2.11. The summed E-state index contributed by atoms with van der Waals surface area (Å²) >= 11 is 0. The maximum Gasteiger partial charge on any atom is 0.343 e. The van der Waals surface area contributed by atoms with E-state index in [2.05, 4.69) is 0 Å². The Kier molecular flexibility index (Phi) is 6.13. The molecule has 0 heterocycles. The van der Waals surface area contributed by atoms with Gasteiger partial charge in [0.2, 0.25) is 0 Å². The molecule has 126 valence electrons. The van der Waals surface area contributed by atoms with Crippen molar-refractivity contribution in [3.05, 3.63) is 64.7 Å². The number of aryl methyl sites for hydroxylation is 2. The van der Waals surface area contributed by atoms with Gasteiger partial charge in [0.15, 0.2) is 0 Å². The van der Waals surface area contributed by atoms with Crippen LogP contribution in [0.5, 0.6) is 5.75 Å². The van der Waals surface area contributed by atoms with Crippen molar-refractivity contribution in [1.29, 1.82) is 0 Å². The predicted octanol–water partition coefficient (Wildman–Crippen LogP) is 4.48. The standard InChI is InChI=1S/C20H22O4/c1-4-5-11-23-19(21)16-7-6-8-17(13-16)20(22)24-18-10-9-14(2)15(3)12-18/h6-10,12-13H,4-5,11H2,1-3H3. The molecule has 0 saturated heterocycles. The molecule has 0 aliphatic rings. The van der Waals surface area contributed by atoms with E-state index in [4.69, 9.17) is 9.47 Å². The van der Waals surface area contributed by atoms with Crippen molar-refractivity contribution in [1.82, 2.24) is 0 Å². The SMILES string of the molecule is CCCCOC(=O)c1cccc(C(=O)Oc2ccc(C)c(C)c2)c1. The van der Waals surface area contributed by atoms with Gasteiger partial charge in [-0.25, -0.2) is 9.59 Å². The predicted molar refractivity (Wildman–Crippen MR) is 92.5 cm³/mol. The van der Waals surface area contributed by atoms with Crippen LogP contribution in [0.25, 0.3) is 0 Å². The van der Waals surface area contributed by atoms with E-state index in [0.29, 0.717) is 23.5 Å². The van der Waals surface area contributed by atoms with Gasteiger partial charge in [-0.3, -0.25) is 0 Å². The maximum atomic E-state index is 12.3. The topological polar surface area (TPSA) is 52.6 Å². The lowest BCUT2D eigenvalue weighted by Gasteiger charge is -2.08. The zero-order valence-corrected chi connectivity index (χ0v) is 14.3. The van der Waals surface area contributed by atoms with Gasteiger partial charge >= 0.3 is 11.9 Å². The first-order valence-electron chi connectivity index (χ1n) is 8.08. The van der Waals surface area contributed by atoms with E-state index in [1.54, 1.807) is 24.3 Å². The molecule has 0 spiro atoms. The number of carbonyl (C=O) groups excluding carboxylic acids is 2. The first kappa shape index (κ1) is 17.7. The largest absolute Gasteiger partial charge is 0.462 e. The summed E-state index contributed by atoms with van der Waals surface area (Å²) in [5, 5.41) is 0. The molecule has 0 radical (unpaired) electrons. The molecule has 4 heteroatoms. The Hall–Kier alpha value is -2.62. The Morgan fingerprint density at radius 1 is 0.917 bits per heavy atom. The maximum absolute atomic E-state index is 12.3. The highest BCUT2D eigenvalue weighted by atomic mass is 16.5. The summed E-state index contributed by atoms with van der Waals surface area (Å²) in [7, 11) is 0. The van der Waals surface area contributed by atoms with Crippen molar-refractivity contribution < 1.29 is 19.1 Å². The van der Waals surface area contributed by atoms with Crippen LogP contribution in [0.4, 0.5) is 0 Å². The molecule has 2 rings (SSSR count). The van der Waals surface area contributed by atoms with Gasteiger partial charge in [-0.1, -0.05) is 25.5 Å². The third-order valence-electron chi connectivity index (χ3n) is 3.75. The van der Waals surface area contributed by atoms with Crippen LogP contribution in [0.2, 0.25) is 0 Å². The average Bonchev–Trinajstić information content (AvgIpc) is 2.58. The lowest BCUT2D eigenvalue weighted by atomic mass is 10.1. The van der Waals surface area contributed by atoms with Crippen molar-refractivity contribution in [2.45, 2.75) is 33.6 Å². The zero-order valence-electron chi connectivity index (χ0n) is 14.3. The monoisotopic (exact) mass is 326 g/mol. The van der Waals surface area contributed by atoms with Crippen molar-refractivity contribution in [2.75, 3.05) is 6.61 Å². The number of ether oxygens (including phenoxy) is 2. The molecule has 0 saturated carbocycles. The second-order valence-electron chi connectivity index (χ2n) is 5.71. The Bertz CT molecular complexity index is 734. The molecule has 4 nitrogen and oxygen atoms in total. The Morgan fingerprint density at radius 3 is 2.29 bits per heavy atom. The Morgan fingerprint density at radius 2 is 1.62 bits per heavy atom. The quantitative estimate of drug-likeness (QED) is 0.446. The number of esters is 2. The Labute approximate surface area is 142 Å². The summed E-state index contributed by atoms with van der Waals surface area (Å²) in [5.74, 6) is -0.440. The number of carbonyl (C=O) groups is 2. The van der Waals surface area contributed by atoms with Crippen molar-refractivity contribution in [3.63, 3.8) is 0 Å². The van der Waals surface area contributed by atoms with Crippen LogP contribution in [0.1, 0.15) is 51.6 Å². The molecule has 0 bridgehead atoms. The number of hydrogen-bond donors (Lipinski definition) is 0. The van der Waals surface area contributed by atoms with Crippen LogP contribution in [0, 0.1) is 13.8 Å². The molecule has 0 fully saturated rings. The number of benzene rings is 2. The van der Waals surface area contributed by atoms with Gasteiger partial charge in [0, 0.05) is 0 Å². The molecule has 0 unspecified atom stereocenters. The van der Waals surface area contributed by atoms with Gasteiger partial charge in [0.1, 0.15) is 5.75 Å². The van der Waals surface area contributed by atoms with Crippen LogP contribution in [-0.4, -0.2) is 18.5 Å². The molecule has 0 aliphatic carbocycles. The summed E-state index contributed by atoms with van der Waals surface area (Å²) in [6.45, 7) is 6.36. The number of hydrogen-bond acceptors (Lipinski definition) is 4. The first-order valence-corrected chi connectivity index (χ1v) is 8.08. The first-order chi connectivity index (χ1) is 11.5. The highest BCUT2D eigenvalue weighted by molar-refractivity contribution is 5.96. The summed E-state index contributed by atoms with van der Waals surface area (Å²) in [6.07, 6.45) is 1.77. The van der Waals surface area contributed by atoms with Crippen molar-refractivity contribution in [2.24, 2.45) is 0 Å². The van der Waals surface area contributed by atoms with Crippen LogP contribution in [0.15, 0.2) is 42.5 Å². The van der Waals surface area contributed by atoms with E-state index in [9.17, 15) is 9.59 Å². The van der Waals surface area contributed by atoms with Gasteiger partial charge in [0.05, 0.1) is 17.7 Å². The van der Waals surface area contributed by atoms with Gasteiger partial charge in [-0.2, -0.15) is 0 Å². The number of unbranched alkanes of at least 4 members (excludes halogenated alkanes) is 1. The van der Waals surface area contributed by atoms with E-state index in [1.807, 2.05) is 32.9 Å². The zero-order chi connectivity index (χ0) is 17.5. The van der Waals surface area contributed by atoms with Gasteiger partial charge in [-0.05, 0) is 61.7 Å². The van der Waals surface area contributed by atoms with E-state index in [1.165, 1.54) is 6.07 Å². The highest BCUT2D eigenvalue weighted by Gasteiger charge is 2.13. The normalized spacial score (nSPS) is 10.3. The minimum atomic E-state index is -0.499. The van der Waals surface area contributed by atoms with Gasteiger partial charge < -0.3 is 9.47 Å². The smallest absolute Gasteiger partial charge is 0.343 e. The molecule has 0 atom stereocenters. The van der Waals surface area contributed by atoms with Crippen LogP contribution >= 0.6 is 0 Å². The number of rotatable bonds is 6. The highest BCUT2D eigenvalue weighted by Crippen LogP contribution is 2.18. The van der Waals surface area contributed by atoms with Gasteiger partial charge in [0.25, 0.3) is 0 Å². The molecule has 2 aromatic rings. The van der Waals surface area contributed by atoms with Crippen LogP contribution < -0.4 is 4.74 Å². The fourth-order valence-electron chi connectivity index (χ4n) is 2.11. The Balaban J connectivity index is 2.08.